The molecule has 0 aliphatic heterocycles. The largest absolute Gasteiger partial charge is 0.444 e. The number of fused-ring (bicyclic) bond motifs is 3. The molecule has 4 aromatic rings. The van der Waals surface area contributed by atoms with E-state index in [1.807, 2.05) is 51.1 Å². The van der Waals surface area contributed by atoms with E-state index in [-0.39, 0.29) is 0 Å². The highest BCUT2D eigenvalue weighted by molar-refractivity contribution is 6.08. The molecule has 29 heavy (non-hydrogen) atoms. The standard InChI is InChI=1S/C21H24N6O2/c1-21(2,3)29-20(28)23-8-6-13-11-15-18(25-13)14-5-4-12(16-7-9-24-27-16)10-17(14)26-19(15)22/h4-5,7,9-11,25H,6,8H2,1-3H3,(H2,22,26)(H,23,28)(H,24,27). The molecule has 0 atom stereocenters. The van der Waals surface area contributed by atoms with E-state index in [0.29, 0.717) is 18.8 Å². The highest BCUT2D eigenvalue weighted by atomic mass is 16.6. The summed E-state index contributed by atoms with van der Waals surface area (Å²) < 4.78 is 5.26. The van der Waals surface area contributed by atoms with Gasteiger partial charge >= 0.3 is 6.09 Å². The lowest BCUT2D eigenvalue weighted by atomic mass is 10.1. The summed E-state index contributed by atoms with van der Waals surface area (Å²) in [7, 11) is 0. The number of ether oxygens (including phenoxy) is 1. The molecule has 0 aliphatic carbocycles. The fourth-order valence-corrected chi connectivity index (χ4v) is 3.28. The highest BCUT2D eigenvalue weighted by Crippen LogP contribution is 2.30. The Hall–Kier alpha value is -3.55. The summed E-state index contributed by atoms with van der Waals surface area (Å²) in [4.78, 5) is 19.8. The summed E-state index contributed by atoms with van der Waals surface area (Å²) in [5.41, 5.74) is 10.3. The SMILES string of the molecule is CC(C)(C)OC(=O)NCCc1cc2c(N)nc3cc(-c4ccn[nH]4)ccc3c2[nH]1. The summed E-state index contributed by atoms with van der Waals surface area (Å²) in [5.74, 6) is 0.469. The number of nitrogens with one attached hydrogen (secondary N) is 3. The fourth-order valence-electron chi connectivity index (χ4n) is 3.28. The van der Waals surface area contributed by atoms with Gasteiger partial charge in [0.15, 0.2) is 0 Å². The van der Waals surface area contributed by atoms with Crippen molar-refractivity contribution >= 4 is 33.7 Å². The Morgan fingerprint density at radius 1 is 1.21 bits per heavy atom. The summed E-state index contributed by atoms with van der Waals surface area (Å²) in [6, 6.07) is 9.94. The van der Waals surface area contributed by atoms with Crippen LogP contribution in [0.3, 0.4) is 0 Å². The molecule has 150 valence electrons. The molecule has 8 heteroatoms. The third-order valence-electron chi connectivity index (χ3n) is 4.53. The van der Waals surface area contributed by atoms with Gasteiger partial charge in [0.05, 0.1) is 16.7 Å². The fraction of sp³-hybridized carbons (Fsp3) is 0.286. The third-order valence-corrected chi connectivity index (χ3v) is 4.53. The van der Waals surface area contributed by atoms with Crippen LogP contribution in [0.2, 0.25) is 0 Å². The second-order valence-electron chi connectivity index (χ2n) is 7.96. The lowest BCUT2D eigenvalue weighted by molar-refractivity contribution is 0.0528. The number of carbonyl (C=O) groups is 1. The van der Waals surface area contributed by atoms with Crippen molar-refractivity contribution in [1.29, 1.82) is 0 Å². The minimum absolute atomic E-state index is 0.424. The topological polar surface area (TPSA) is 122 Å². The number of benzene rings is 1. The van der Waals surface area contributed by atoms with E-state index in [1.165, 1.54) is 0 Å². The number of H-pyrrole nitrogens is 2. The number of anilines is 1. The van der Waals surface area contributed by atoms with Crippen molar-refractivity contribution in [2.45, 2.75) is 32.8 Å². The lowest BCUT2D eigenvalue weighted by Gasteiger charge is -2.19. The van der Waals surface area contributed by atoms with E-state index in [9.17, 15) is 4.79 Å². The van der Waals surface area contributed by atoms with Crippen LogP contribution in [0, 0.1) is 0 Å². The van der Waals surface area contributed by atoms with Gasteiger partial charge in [-0.15, -0.1) is 0 Å². The maximum atomic E-state index is 11.8. The van der Waals surface area contributed by atoms with Crippen LogP contribution < -0.4 is 11.1 Å². The smallest absolute Gasteiger partial charge is 0.407 e. The minimum atomic E-state index is -0.515. The van der Waals surface area contributed by atoms with Crippen LogP contribution in [-0.2, 0) is 11.2 Å². The molecule has 0 saturated carbocycles. The molecule has 1 aromatic carbocycles. The number of amides is 1. The minimum Gasteiger partial charge on any atom is -0.444 e. The van der Waals surface area contributed by atoms with Gasteiger partial charge < -0.3 is 20.8 Å². The molecule has 3 aromatic heterocycles. The van der Waals surface area contributed by atoms with Crippen molar-refractivity contribution in [3.05, 3.63) is 42.2 Å². The number of alkyl carbamates (subject to hydrolysis) is 1. The van der Waals surface area contributed by atoms with Gasteiger partial charge in [0, 0.05) is 41.2 Å². The second kappa shape index (κ2) is 7.12. The van der Waals surface area contributed by atoms with E-state index in [2.05, 4.69) is 25.5 Å². The molecule has 0 unspecified atom stereocenters. The zero-order valence-corrected chi connectivity index (χ0v) is 16.7. The first kappa shape index (κ1) is 18.8. The van der Waals surface area contributed by atoms with E-state index < -0.39 is 11.7 Å². The number of hydrogen-bond acceptors (Lipinski definition) is 5. The molecule has 1 amide bonds. The molecule has 5 N–H and O–H groups in total. The van der Waals surface area contributed by atoms with Crippen LogP contribution in [0.15, 0.2) is 36.5 Å². The number of nitrogens with two attached hydrogens (primary N) is 1. The van der Waals surface area contributed by atoms with Gasteiger partial charge in [-0.05, 0) is 39.0 Å². The van der Waals surface area contributed by atoms with Crippen molar-refractivity contribution in [3.63, 3.8) is 0 Å². The van der Waals surface area contributed by atoms with Gasteiger partial charge in [-0.3, -0.25) is 5.10 Å². The molecule has 4 rings (SSSR count). The number of aromatic nitrogens is 4. The van der Waals surface area contributed by atoms with E-state index in [1.54, 1.807) is 6.20 Å². The van der Waals surface area contributed by atoms with Crippen LogP contribution in [0.5, 0.6) is 0 Å². The van der Waals surface area contributed by atoms with E-state index in [4.69, 9.17) is 10.5 Å². The van der Waals surface area contributed by atoms with Crippen molar-refractivity contribution in [3.8, 4) is 11.3 Å². The second-order valence-corrected chi connectivity index (χ2v) is 7.96. The van der Waals surface area contributed by atoms with Crippen LogP contribution in [0.25, 0.3) is 33.1 Å². The predicted molar refractivity (Wildman–Crippen MR) is 114 cm³/mol. The molecular formula is C21H24N6O2. The number of nitrogen functional groups attached to an aromatic ring is 1. The molecule has 0 radical (unpaired) electrons. The molecule has 0 fully saturated rings. The monoisotopic (exact) mass is 392 g/mol. The predicted octanol–water partition coefficient (Wildman–Crippen LogP) is 3.76. The molecule has 0 spiro atoms. The first-order chi connectivity index (χ1) is 13.8. The Balaban J connectivity index is 1.57. The third kappa shape index (κ3) is 4.01. The van der Waals surface area contributed by atoms with Crippen molar-refractivity contribution in [2.75, 3.05) is 12.3 Å². The number of carbonyl (C=O) groups excluding carboxylic acids is 1. The van der Waals surface area contributed by atoms with Gasteiger partial charge in [0.25, 0.3) is 0 Å². The first-order valence-electron chi connectivity index (χ1n) is 9.47. The van der Waals surface area contributed by atoms with Gasteiger partial charge in [0.2, 0.25) is 0 Å². The number of pyridine rings is 1. The number of aromatic amines is 2. The molecule has 8 nitrogen and oxygen atoms in total. The van der Waals surface area contributed by atoms with Crippen molar-refractivity contribution in [2.24, 2.45) is 0 Å². The molecular weight excluding hydrogens is 368 g/mol. The van der Waals surface area contributed by atoms with Crippen molar-refractivity contribution in [1.82, 2.24) is 25.5 Å². The van der Waals surface area contributed by atoms with Gasteiger partial charge in [-0.25, -0.2) is 9.78 Å². The van der Waals surface area contributed by atoms with Crippen LogP contribution in [-0.4, -0.2) is 38.4 Å². The van der Waals surface area contributed by atoms with E-state index >= 15 is 0 Å². The Morgan fingerprint density at radius 3 is 2.76 bits per heavy atom. The molecule has 0 bridgehead atoms. The molecule has 3 heterocycles. The van der Waals surface area contributed by atoms with E-state index in [0.717, 1.165) is 38.8 Å². The summed E-state index contributed by atoms with van der Waals surface area (Å²) in [6.45, 7) is 5.96. The summed E-state index contributed by atoms with van der Waals surface area (Å²) in [6.07, 6.45) is 1.92. The molecule has 0 aliphatic rings. The van der Waals surface area contributed by atoms with Crippen LogP contribution in [0.4, 0.5) is 10.6 Å². The van der Waals surface area contributed by atoms with Crippen LogP contribution in [0.1, 0.15) is 26.5 Å². The number of rotatable bonds is 4. The highest BCUT2D eigenvalue weighted by Gasteiger charge is 2.16. The van der Waals surface area contributed by atoms with Gasteiger partial charge in [-0.2, -0.15) is 5.10 Å². The Bertz CT molecular complexity index is 1170. The van der Waals surface area contributed by atoms with Gasteiger partial charge in [-0.1, -0.05) is 12.1 Å². The maximum Gasteiger partial charge on any atom is 0.407 e. The Morgan fingerprint density at radius 2 is 2.03 bits per heavy atom. The number of nitrogens with zero attached hydrogens (tertiary/aromatic N) is 2. The zero-order chi connectivity index (χ0) is 20.6. The lowest BCUT2D eigenvalue weighted by Crippen LogP contribution is -2.33. The molecule has 0 saturated heterocycles. The summed E-state index contributed by atoms with van der Waals surface area (Å²) >= 11 is 0. The van der Waals surface area contributed by atoms with Crippen molar-refractivity contribution < 1.29 is 9.53 Å². The normalized spacial score (nSPS) is 11.8. The quantitative estimate of drug-likeness (QED) is 0.421. The maximum absolute atomic E-state index is 11.8. The summed E-state index contributed by atoms with van der Waals surface area (Å²) in [5, 5.41) is 11.6. The Kier molecular flexibility index (Phi) is 4.62. The van der Waals surface area contributed by atoms with Gasteiger partial charge in [0.1, 0.15) is 11.4 Å². The average Bonchev–Trinajstić information content (AvgIpc) is 3.30. The first-order valence-corrected chi connectivity index (χ1v) is 9.47. The number of hydrogen-bond donors (Lipinski definition) is 4. The average molecular weight is 392 g/mol. The zero-order valence-electron chi connectivity index (χ0n) is 16.7. The Labute approximate surface area is 167 Å². The van der Waals surface area contributed by atoms with Crippen LogP contribution >= 0.6 is 0 Å².